The van der Waals surface area contributed by atoms with Gasteiger partial charge in [0.25, 0.3) is 0 Å². The van der Waals surface area contributed by atoms with E-state index in [0.717, 1.165) is 0 Å². The normalized spacial score (nSPS) is 25.5. The van der Waals surface area contributed by atoms with Crippen molar-refractivity contribution in [3.63, 3.8) is 0 Å². The second-order valence-electron chi connectivity index (χ2n) is 2.30. The smallest absolute Gasteiger partial charge is 0.287 e. The molecule has 1 heterocycles. The third-order valence-electron chi connectivity index (χ3n) is 1.32. The number of ketones is 1. The summed E-state index contributed by atoms with van der Waals surface area (Å²) in [7, 11) is 0. The van der Waals surface area contributed by atoms with Gasteiger partial charge < -0.3 is 0 Å². The van der Waals surface area contributed by atoms with E-state index < -0.39 is 23.6 Å². The van der Waals surface area contributed by atoms with Gasteiger partial charge in [-0.2, -0.15) is 0 Å². The highest BCUT2D eigenvalue weighted by molar-refractivity contribution is 6.34. The Morgan fingerprint density at radius 3 is 2.55 bits per heavy atom. The molecule has 0 N–H and O–H groups in total. The van der Waals surface area contributed by atoms with Gasteiger partial charge in [-0.25, -0.2) is 19.4 Å². The molecule has 5 heteroatoms. The highest BCUT2D eigenvalue weighted by atomic mass is 17.2. The van der Waals surface area contributed by atoms with Crippen molar-refractivity contribution < 1.29 is 24.2 Å². The molecule has 1 atom stereocenters. The molecule has 0 bridgehead atoms. The molecule has 1 rings (SSSR count). The van der Waals surface area contributed by atoms with Gasteiger partial charge in [0.15, 0.2) is 0 Å². The summed E-state index contributed by atoms with van der Waals surface area (Å²) < 4.78 is 0. The lowest BCUT2D eigenvalue weighted by Gasteiger charge is -1.98. The SMILES string of the molecule is CC1CC(=O)C(=O)OOC1=O. The summed E-state index contributed by atoms with van der Waals surface area (Å²) in [5, 5.41) is 0. The van der Waals surface area contributed by atoms with E-state index in [1.54, 1.807) is 0 Å². The minimum absolute atomic E-state index is 0.141. The van der Waals surface area contributed by atoms with E-state index >= 15 is 0 Å². The van der Waals surface area contributed by atoms with Crippen molar-refractivity contribution in [1.82, 2.24) is 0 Å². The second kappa shape index (κ2) is 2.69. The van der Waals surface area contributed by atoms with Gasteiger partial charge >= 0.3 is 11.9 Å². The van der Waals surface area contributed by atoms with E-state index in [4.69, 9.17) is 0 Å². The molecule has 0 radical (unpaired) electrons. The quantitative estimate of drug-likeness (QED) is 0.354. The summed E-state index contributed by atoms with van der Waals surface area (Å²) in [6.45, 7) is 1.49. The van der Waals surface area contributed by atoms with Crippen LogP contribution >= 0.6 is 0 Å². The molecule has 1 fully saturated rings. The Bertz CT molecular complexity index is 219. The lowest BCUT2D eigenvalue weighted by Crippen LogP contribution is -2.14. The molecule has 0 aromatic carbocycles. The molecule has 1 aliphatic heterocycles. The van der Waals surface area contributed by atoms with Crippen LogP contribution in [-0.2, 0) is 24.2 Å². The van der Waals surface area contributed by atoms with Crippen molar-refractivity contribution in [3.8, 4) is 0 Å². The third kappa shape index (κ3) is 1.54. The van der Waals surface area contributed by atoms with Gasteiger partial charge in [-0.15, -0.1) is 0 Å². The van der Waals surface area contributed by atoms with E-state index in [-0.39, 0.29) is 6.42 Å². The Kier molecular flexibility index (Phi) is 1.89. The maximum Gasteiger partial charge on any atom is 0.421 e. The van der Waals surface area contributed by atoms with E-state index in [1.165, 1.54) is 6.92 Å². The van der Waals surface area contributed by atoms with E-state index in [0.29, 0.717) is 0 Å². The molecule has 0 aromatic rings. The van der Waals surface area contributed by atoms with Gasteiger partial charge in [-0.3, -0.25) is 4.79 Å². The van der Waals surface area contributed by atoms with Crippen LogP contribution in [0.5, 0.6) is 0 Å². The highest BCUT2D eigenvalue weighted by Gasteiger charge is 2.30. The molecule has 0 saturated carbocycles. The molecular weight excluding hydrogens is 152 g/mol. The summed E-state index contributed by atoms with van der Waals surface area (Å²) in [6.07, 6.45) is -0.141. The molecule has 0 spiro atoms. The van der Waals surface area contributed by atoms with Crippen molar-refractivity contribution in [2.45, 2.75) is 13.3 Å². The van der Waals surface area contributed by atoms with Gasteiger partial charge in [-0.1, -0.05) is 6.92 Å². The zero-order chi connectivity index (χ0) is 8.43. The van der Waals surface area contributed by atoms with Crippen molar-refractivity contribution >= 4 is 17.7 Å². The molecule has 1 saturated heterocycles. The first-order chi connectivity index (χ1) is 5.11. The summed E-state index contributed by atoms with van der Waals surface area (Å²) in [5.74, 6) is -3.14. The lowest BCUT2D eigenvalue weighted by atomic mass is 10.1. The molecule has 0 amide bonds. The Morgan fingerprint density at radius 1 is 1.27 bits per heavy atom. The number of carbonyl (C=O) groups excluding carboxylic acids is 3. The maximum absolute atomic E-state index is 10.7. The monoisotopic (exact) mass is 158 g/mol. The fourth-order valence-electron chi connectivity index (χ4n) is 0.652. The molecule has 0 aromatic heterocycles. The molecule has 1 aliphatic rings. The Labute approximate surface area is 62.2 Å². The van der Waals surface area contributed by atoms with E-state index in [2.05, 4.69) is 9.78 Å². The predicted molar refractivity (Wildman–Crippen MR) is 31.0 cm³/mol. The number of hydrogen-bond acceptors (Lipinski definition) is 5. The average Bonchev–Trinajstić information content (AvgIpc) is 2.05. The highest BCUT2D eigenvalue weighted by Crippen LogP contribution is 2.10. The summed E-state index contributed by atoms with van der Waals surface area (Å²) in [4.78, 5) is 39.6. The van der Waals surface area contributed by atoms with Crippen LogP contribution in [0.15, 0.2) is 0 Å². The standard InChI is InChI=1S/C6H6O5/c1-3-2-4(7)6(9)11-10-5(3)8/h3H,2H2,1H3. The maximum atomic E-state index is 10.7. The predicted octanol–water partition coefficient (Wildman–Crippen LogP) is -0.403. The molecule has 1 unspecified atom stereocenters. The number of hydrogen-bond donors (Lipinski definition) is 0. The van der Waals surface area contributed by atoms with Crippen molar-refractivity contribution in [2.24, 2.45) is 5.92 Å². The molecule has 60 valence electrons. The van der Waals surface area contributed by atoms with Gasteiger partial charge in [0.2, 0.25) is 5.78 Å². The van der Waals surface area contributed by atoms with Crippen molar-refractivity contribution in [2.75, 3.05) is 0 Å². The van der Waals surface area contributed by atoms with Gasteiger partial charge in [0, 0.05) is 6.42 Å². The minimum Gasteiger partial charge on any atom is -0.287 e. The largest absolute Gasteiger partial charge is 0.421 e. The lowest BCUT2D eigenvalue weighted by molar-refractivity contribution is -0.256. The Hall–Kier alpha value is -1.39. The zero-order valence-electron chi connectivity index (χ0n) is 5.83. The molecule has 5 nitrogen and oxygen atoms in total. The van der Waals surface area contributed by atoms with Crippen LogP contribution in [0, 0.1) is 5.92 Å². The number of rotatable bonds is 0. The fourth-order valence-corrected chi connectivity index (χ4v) is 0.652. The Balaban J connectivity index is 2.74. The molecule has 11 heavy (non-hydrogen) atoms. The van der Waals surface area contributed by atoms with Crippen LogP contribution < -0.4 is 0 Å². The van der Waals surface area contributed by atoms with Crippen LogP contribution in [0.1, 0.15) is 13.3 Å². The van der Waals surface area contributed by atoms with Crippen molar-refractivity contribution in [1.29, 1.82) is 0 Å². The van der Waals surface area contributed by atoms with Crippen molar-refractivity contribution in [3.05, 3.63) is 0 Å². The van der Waals surface area contributed by atoms with E-state index in [1.807, 2.05) is 0 Å². The van der Waals surface area contributed by atoms with Gasteiger partial charge in [0.05, 0.1) is 5.92 Å². The van der Waals surface area contributed by atoms with Gasteiger partial charge in [0.1, 0.15) is 0 Å². The minimum atomic E-state index is -1.11. The molecular formula is C6H6O5. The van der Waals surface area contributed by atoms with Crippen LogP contribution in [0.2, 0.25) is 0 Å². The van der Waals surface area contributed by atoms with Crippen LogP contribution in [-0.4, -0.2) is 17.7 Å². The fraction of sp³-hybridized carbons (Fsp3) is 0.500. The van der Waals surface area contributed by atoms with Crippen LogP contribution in [0.3, 0.4) is 0 Å². The summed E-state index contributed by atoms with van der Waals surface area (Å²) >= 11 is 0. The first-order valence-corrected chi connectivity index (χ1v) is 3.07. The van der Waals surface area contributed by atoms with Gasteiger partial charge in [-0.05, 0) is 0 Å². The summed E-state index contributed by atoms with van der Waals surface area (Å²) in [6, 6.07) is 0. The summed E-state index contributed by atoms with van der Waals surface area (Å²) in [5.41, 5.74) is 0. The van der Waals surface area contributed by atoms with Crippen LogP contribution in [0.25, 0.3) is 0 Å². The third-order valence-corrected chi connectivity index (χ3v) is 1.32. The first-order valence-electron chi connectivity index (χ1n) is 3.07. The average molecular weight is 158 g/mol. The molecule has 0 aliphatic carbocycles. The van der Waals surface area contributed by atoms with Crippen LogP contribution in [0.4, 0.5) is 0 Å². The topological polar surface area (TPSA) is 69.7 Å². The number of Topliss-reactive ketones (excluding diaryl/α,β-unsaturated/α-hetero) is 1. The second-order valence-corrected chi connectivity index (χ2v) is 2.30. The zero-order valence-corrected chi connectivity index (χ0v) is 5.83. The first kappa shape index (κ1) is 7.71. The Morgan fingerprint density at radius 2 is 1.91 bits per heavy atom. The van der Waals surface area contributed by atoms with E-state index in [9.17, 15) is 14.4 Å². The number of carbonyl (C=O) groups is 3.